The van der Waals surface area contributed by atoms with Gasteiger partial charge in [-0.3, -0.25) is 0 Å². The van der Waals surface area contributed by atoms with Gasteiger partial charge in [-0.25, -0.2) is 0 Å². The molecule has 1 heteroatoms. The zero-order chi connectivity index (χ0) is 7.40. The third kappa shape index (κ3) is 2.19. The molecule has 1 rings (SSSR count). The van der Waals surface area contributed by atoms with Crippen LogP contribution in [0.3, 0.4) is 0 Å². The summed E-state index contributed by atoms with van der Waals surface area (Å²) in [6.07, 6.45) is 0. The van der Waals surface area contributed by atoms with Crippen LogP contribution < -0.4 is 0 Å². The highest BCUT2D eigenvalue weighted by Gasteiger charge is 1.90. The van der Waals surface area contributed by atoms with E-state index in [4.69, 9.17) is 0 Å². The Morgan fingerprint density at radius 1 is 1.20 bits per heavy atom. The molecular formula is C9H15N. The van der Waals surface area contributed by atoms with E-state index in [1.165, 1.54) is 5.56 Å². The molecule has 0 N–H and O–H groups in total. The van der Waals surface area contributed by atoms with Crippen molar-refractivity contribution in [3.05, 3.63) is 35.9 Å². The summed E-state index contributed by atoms with van der Waals surface area (Å²) in [5.41, 5.74) is 1.37. The van der Waals surface area contributed by atoms with E-state index in [1.54, 1.807) is 0 Å². The molecule has 56 valence electrons. The Bertz CT molecular complexity index is 184. The second-order valence-electron chi connectivity index (χ2n) is 2.72. The second kappa shape index (κ2) is 3.37. The molecule has 0 aliphatic rings. The van der Waals surface area contributed by atoms with E-state index >= 15 is 0 Å². The molecule has 0 saturated carbocycles. The van der Waals surface area contributed by atoms with E-state index in [0.29, 0.717) is 0 Å². The Kier molecular flexibility index (Phi) is 2.46. The van der Waals surface area contributed by atoms with Crippen LogP contribution in [0.5, 0.6) is 0 Å². The van der Waals surface area contributed by atoms with Gasteiger partial charge in [-0.1, -0.05) is 30.3 Å². The minimum absolute atomic E-state index is 0. The summed E-state index contributed by atoms with van der Waals surface area (Å²) in [6, 6.07) is 10.5. The van der Waals surface area contributed by atoms with E-state index < -0.39 is 0 Å². The SMILES string of the molecule is CN(C)Cc1ccccc1.[HH]. The van der Waals surface area contributed by atoms with Gasteiger partial charge in [-0.15, -0.1) is 0 Å². The van der Waals surface area contributed by atoms with E-state index in [2.05, 4.69) is 43.3 Å². The lowest BCUT2D eigenvalue weighted by atomic mass is 10.2. The van der Waals surface area contributed by atoms with E-state index in [-0.39, 0.29) is 1.43 Å². The Labute approximate surface area is 63.8 Å². The highest BCUT2D eigenvalue weighted by atomic mass is 15.0. The van der Waals surface area contributed by atoms with E-state index in [0.717, 1.165) is 6.54 Å². The van der Waals surface area contributed by atoms with Crippen molar-refractivity contribution in [2.45, 2.75) is 6.54 Å². The van der Waals surface area contributed by atoms with Gasteiger partial charge >= 0.3 is 0 Å². The molecule has 0 unspecified atom stereocenters. The molecule has 1 aromatic rings. The highest BCUT2D eigenvalue weighted by Crippen LogP contribution is 1.99. The summed E-state index contributed by atoms with van der Waals surface area (Å²) in [5.74, 6) is 0. The van der Waals surface area contributed by atoms with Gasteiger partial charge in [0.25, 0.3) is 0 Å². The topological polar surface area (TPSA) is 3.24 Å². The lowest BCUT2D eigenvalue weighted by molar-refractivity contribution is 0.402. The third-order valence-corrected chi connectivity index (χ3v) is 1.34. The molecule has 0 aliphatic carbocycles. The smallest absolute Gasteiger partial charge is 0.0227 e. The normalized spacial score (nSPS) is 10.3. The van der Waals surface area contributed by atoms with Crippen molar-refractivity contribution in [2.24, 2.45) is 0 Å². The first-order valence-electron chi connectivity index (χ1n) is 3.47. The number of nitrogens with zero attached hydrogens (tertiary/aromatic N) is 1. The van der Waals surface area contributed by atoms with Crippen molar-refractivity contribution in [2.75, 3.05) is 14.1 Å². The van der Waals surface area contributed by atoms with Crippen LogP contribution in [0, 0.1) is 0 Å². The van der Waals surface area contributed by atoms with Crippen LogP contribution in [-0.4, -0.2) is 19.0 Å². The lowest BCUT2D eigenvalue weighted by Crippen LogP contribution is -2.10. The van der Waals surface area contributed by atoms with Crippen LogP contribution in [0.15, 0.2) is 30.3 Å². The summed E-state index contributed by atoms with van der Waals surface area (Å²) in [4.78, 5) is 2.16. The average Bonchev–Trinajstić information content (AvgIpc) is 1.88. The molecule has 0 atom stereocenters. The molecule has 0 spiro atoms. The quantitative estimate of drug-likeness (QED) is 0.602. The van der Waals surface area contributed by atoms with Crippen molar-refractivity contribution < 1.29 is 1.43 Å². The average molecular weight is 137 g/mol. The van der Waals surface area contributed by atoms with E-state index in [1.807, 2.05) is 6.07 Å². The first kappa shape index (κ1) is 7.29. The van der Waals surface area contributed by atoms with Crippen LogP contribution in [0.4, 0.5) is 0 Å². The van der Waals surface area contributed by atoms with Crippen molar-refractivity contribution in [3.63, 3.8) is 0 Å². The molecule has 0 heterocycles. The molecular weight excluding hydrogens is 122 g/mol. The lowest BCUT2D eigenvalue weighted by Gasteiger charge is -2.08. The van der Waals surface area contributed by atoms with Gasteiger partial charge in [0.1, 0.15) is 0 Å². The zero-order valence-corrected chi connectivity index (χ0v) is 6.54. The van der Waals surface area contributed by atoms with Crippen LogP contribution in [-0.2, 0) is 6.54 Å². The first-order valence-corrected chi connectivity index (χ1v) is 3.47. The summed E-state index contributed by atoms with van der Waals surface area (Å²) in [6.45, 7) is 1.03. The largest absolute Gasteiger partial charge is 0.305 e. The van der Waals surface area contributed by atoms with Gasteiger partial charge in [0.2, 0.25) is 0 Å². The second-order valence-corrected chi connectivity index (χ2v) is 2.72. The molecule has 1 aromatic carbocycles. The number of benzene rings is 1. The monoisotopic (exact) mass is 137 g/mol. The van der Waals surface area contributed by atoms with Crippen molar-refractivity contribution in [3.8, 4) is 0 Å². The van der Waals surface area contributed by atoms with Gasteiger partial charge in [0.05, 0.1) is 0 Å². The van der Waals surface area contributed by atoms with Crippen LogP contribution in [0.25, 0.3) is 0 Å². The molecule has 0 aromatic heterocycles. The molecule has 0 saturated heterocycles. The van der Waals surface area contributed by atoms with Crippen LogP contribution in [0.2, 0.25) is 0 Å². The van der Waals surface area contributed by atoms with Crippen molar-refractivity contribution in [1.82, 2.24) is 4.90 Å². The highest BCUT2D eigenvalue weighted by molar-refractivity contribution is 5.14. The predicted molar refractivity (Wildman–Crippen MR) is 45.9 cm³/mol. The van der Waals surface area contributed by atoms with Gasteiger partial charge in [0.15, 0.2) is 0 Å². The Balaban J connectivity index is 0.000001000. The van der Waals surface area contributed by atoms with Gasteiger partial charge in [-0.05, 0) is 19.7 Å². The zero-order valence-electron chi connectivity index (χ0n) is 6.54. The number of rotatable bonds is 2. The fourth-order valence-corrected chi connectivity index (χ4v) is 0.949. The van der Waals surface area contributed by atoms with Crippen LogP contribution in [0.1, 0.15) is 6.99 Å². The maximum atomic E-state index is 2.16. The number of hydrogen-bond acceptors (Lipinski definition) is 1. The summed E-state index contributed by atoms with van der Waals surface area (Å²) < 4.78 is 0. The predicted octanol–water partition coefficient (Wildman–Crippen LogP) is 1.99. The van der Waals surface area contributed by atoms with E-state index in [9.17, 15) is 0 Å². The fraction of sp³-hybridized carbons (Fsp3) is 0.333. The minimum atomic E-state index is 0. The standard InChI is InChI=1S/C9H13N.H2/c1-10(2)8-9-6-4-3-5-7-9;/h3-7H,8H2,1-2H3;1H. The van der Waals surface area contributed by atoms with Gasteiger partial charge in [0, 0.05) is 7.97 Å². The van der Waals surface area contributed by atoms with Crippen molar-refractivity contribution in [1.29, 1.82) is 0 Å². The third-order valence-electron chi connectivity index (χ3n) is 1.34. The Morgan fingerprint density at radius 2 is 1.80 bits per heavy atom. The summed E-state index contributed by atoms with van der Waals surface area (Å²) in [7, 11) is 4.15. The fourth-order valence-electron chi connectivity index (χ4n) is 0.949. The first-order chi connectivity index (χ1) is 4.79. The molecule has 0 bridgehead atoms. The maximum Gasteiger partial charge on any atom is 0.0227 e. The molecule has 10 heavy (non-hydrogen) atoms. The molecule has 1 nitrogen and oxygen atoms in total. The molecule has 0 radical (unpaired) electrons. The van der Waals surface area contributed by atoms with Crippen LogP contribution >= 0.6 is 0 Å². The Morgan fingerprint density at radius 3 is 2.30 bits per heavy atom. The maximum absolute atomic E-state index is 2.16. The Hall–Kier alpha value is -0.820. The van der Waals surface area contributed by atoms with Crippen molar-refractivity contribution >= 4 is 0 Å². The van der Waals surface area contributed by atoms with Gasteiger partial charge < -0.3 is 4.90 Å². The van der Waals surface area contributed by atoms with Gasteiger partial charge in [-0.2, -0.15) is 0 Å². The molecule has 0 aliphatic heterocycles. The molecule has 0 amide bonds. The summed E-state index contributed by atoms with van der Waals surface area (Å²) >= 11 is 0. The molecule has 0 fully saturated rings. The summed E-state index contributed by atoms with van der Waals surface area (Å²) in [5, 5.41) is 0. The number of hydrogen-bond donors (Lipinski definition) is 0. The minimum Gasteiger partial charge on any atom is -0.305 e.